The lowest BCUT2D eigenvalue weighted by atomic mass is 9.71. The minimum absolute atomic E-state index is 0.0198. The normalized spacial score (nSPS) is 18.5. The number of piperidine rings is 2. The van der Waals surface area contributed by atoms with E-state index in [-0.39, 0.29) is 11.3 Å². The molecule has 2 fully saturated rings. The average molecular weight is 689 g/mol. The highest BCUT2D eigenvalue weighted by molar-refractivity contribution is 5.96. The summed E-state index contributed by atoms with van der Waals surface area (Å²) >= 11 is 0. The zero-order valence-electron chi connectivity index (χ0n) is 29.9. The fourth-order valence-corrected chi connectivity index (χ4v) is 8.01. The van der Waals surface area contributed by atoms with Gasteiger partial charge in [-0.25, -0.2) is 4.98 Å². The molecule has 0 radical (unpaired) electrons. The highest BCUT2D eigenvalue weighted by Gasteiger charge is 2.40. The number of aromatic amines is 1. The number of H-pyrrole nitrogens is 1. The molecule has 10 heteroatoms. The number of fused-ring (bicyclic) bond motifs is 1. The molecular formula is C41H48N6O4. The van der Waals surface area contributed by atoms with Crippen molar-refractivity contribution in [3.8, 4) is 17.2 Å². The van der Waals surface area contributed by atoms with Crippen LogP contribution in [0.25, 0.3) is 11.0 Å². The number of carbonyl (C=O) groups excluding carboxylic acids is 1. The smallest absolute Gasteiger partial charge is 0.254 e. The highest BCUT2D eigenvalue weighted by Crippen LogP contribution is 2.41. The van der Waals surface area contributed by atoms with Crippen molar-refractivity contribution in [3.05, 3.63) is 108 Å². The lowest BCUT2D eigenvalue weighted by Crippen LogP contribution is -2.51. The number of aromatic nitrogens is 3. The molecule has 2 aromatic heterocycles. The Labute approximate surface area is 300 Å². The largest absolute Gasteiger partial charge is 0.493 e. The third-order valence-electron chi connectivity index (χ3n) is 10.8. The van der Waals surface area contributed by atoms with E-state index in [9.17, 15) is 4.79 Å². The van der Waals surface area contributed by atoms with Crippen LogP contribution in [0.3, 0.4) is 0 Å². The van der Waals surface area contributed by atoms with Crippen LogP contribution in [0.1, 0.15) is 53.7 Å². The van der Waals surface area contributed by atoms with E-state index >= 15 is 0 Å². The van der Waals surface area contributed by atoms with E-state index in [1.807, 2.05) is 29.3 Å². The molecule has 0 saturated carbocycles. The summed E-state index contributed by atoms with van der Waals surface area (Å²) < 4.78 is 16.7. The number of pyridine rings is 1. The Morgan fingerprint density at radius 3 is 2.31 bits per heavy atom. The Kier molecular flexibility index (Phi) is 10.4. The molecule has 1 amide bonds. The van der Waals surface area contributed by atoms with E-state index in [2.05, 4.69) is 74.4 Å². The van der Waals surface area contributed by atoms with Gasteiger partial charge in [0.1, 0.15) is 0 Å². The van der Waals surface area contributed by atoms with Gasteiger partial charge in [0.25, 0.3) is 5.91 Å². The predicted molar refractivity (Wildman–Crippen MR) is 200 cm³/mol. The first kappa shape index (κ1) is 34.4. The lowest BCUT2D eigenvalue weighted by Gasteiger charge is -2.45. The molecular weight excluding hydrogens is 640 g/mol. The maximum atomic E-state index is 14.1. The van der Waals surface area contributed by atoms with Gasteiger partial charge in [0.05, 0.1) is 44.6 Å². The number of anilines is 1. The summed E-state index contributed by atoms with van der Waals surface area (Å²) in [6.45, 7) is 5.05. The van der Waals surface area contributed by atoms with E-state index in [0.29, 0.717) is 48.5 Å². The van der Waals surface area contributed by atoms with Crippen molar-refractivity contribution in [3.63, 3.8) is 0 Å². The van der Waals surface area contributed by atoms with Gasteiger partial charge in [-0.2, -0.15) is 0 Å². The van der Waals surface area contributed by atoms with E-state index in [1.165, 1.54) is 5.56 Å². The van der Waals surface area contributed by atoms with Crippen molar-refractivity contribution >= 4 is 22.9 Å². The Morgan fingerprint density at radius 2 is 1.63 bits per heavy atom. The first-order valence-corrected chi connectivity index (χ1v) is 18.0. The van der Waals surface area contributed by atoms with Crippen LogP contribution < -0.4 is 19.1 Å². The van der Waals surface area contributed by atoms with Crippen LogP contribution in [-0.2, 0) is 12.0 Å². The molecule has 7 rings (SSSR count). The van der Waals surface area contributed by atoms with Crippen molar-refractivity contribution in [1.29, 1.82) is 0 Å². The first-order valence-electron chi connectivity index (χ1n) is 18.0. The van der Waals surface area contributed by atoms with Crippen molar-refractivity contribution in [2.45, 2.75) is 50.1 Å². The molecule has 2 saturated heterocycles. The van der Waals surface area contributed by atoms with E-state index in [0.717, 1.165) is 74.4 Å². The number of nitrogens with zero attached hydrogens (tertiary/aromatic N) is 5. The zero-order valence-corrected chi connectivity index (χ0v) is 29.9. The van der Waals surface area contributed by atoms with E-state index < -0.39 is 0 Å². The van der Waals surface area contributed by atoms with Crippen LogP contribution in [0, 0.1) is 0 Å². The quantitative estimate of drug-likeness (QED) is 0.154. The van der Waals surface area contributed by atoms with Crippen LogP contribution in [0.4, 0.5) is 5.95 Å². The summed E-state index contributed by atoms with van der Waals surface area (Å²) in [6.07, 6.45) is 6.88. The summed E-state index contributed by atoms with van der Waals surface area (Å²) in [6, 6.07) is 29.0. The van der Waals surface area contributed by atoms with Gasteiger partial charge in [-0.15, -0.1) is 0 Å². The SMILES string of the molecule is COc1cc(C(=O)N2CCCC(CCN3CCC(N(Cc4ccccn4)c4nc5ccccc5[nH]4)CC3)(c3ccccc3)C2)cc(OC)c1OC. The molecule has 4 heterocycles. The minimum Gasteiger partial charge on any atom is -0.493 e. The number of methoxy groups -OCH3 is 3. The van der Waals surface area contributed by atoms with Crippen molar-refractivity contribution in [2.24, 2.45) is 0 Å². The van der Waals surface area contributed by atoms with Gasteiger partial charge in [0.2, 0.25) is 11.7 Å². The van der Waals surface area contributed by atoms with Crippen molar-refractivity contribution in [1.82, 2.24) is 24.8 Å². The molecule has 51 heavy (non-hydrogen) atoms. The van der Waals surface area contributed by atoms with Crippen molar-refractivity contribution in [2.75, 3.05) is 59.0 Å². The van der Waals surface area contributed by atoms with Gasteiger partial charge < -0.3 is 33.9 Å². The van der Waals surface area contributed by atoms with Gasteiger partial charge in [-0.05, 0) is 80.6 Å². The van der Waals surface area contributed by atoms with Gasteiger partial charge in [-0.3, -0.25) is 9.78 Å². The lowest BCUT2D eigenvalue weighted by molar-refractivity contribution is 0.0606. The topological polar surface area (TPSA) is 96.1 Å². The molecule has 0 bridgehead atoms. The van der Waals surface area contributed by atoms with Crippen LogP contribution in [0.15, 0.2) is 91.1 Å². The van der Waals surface area contributed by atoms with Crippen LogP contribution in [0.2, 0.25) is 0 Å². The average Bonchev–Trinajstić information content (AvgIpc) is 3.63. The van der Waals surface area contributed by atoms with Crippen molar-refractivity contribution < 1.29 is 19.0 Å². The monoisotopic (exact) mass is 688 g/mol. The number of benzene rings is 3. The number of likely N-dealkylation sites (tertiary alicyclic amines) is 2. The highest BCUT2D eigenvalue weighted by atomic mass is 16.5. The van der Waals surface area contributed by atoms with Gasteiger partial charge in [0.15, 0.2) is 11.5 Å². The molecule has 1 unspecified atom stereocenters. The summed E-state index contributed by atoms with van der Waals surface area (Å²) in [5, 5.41) is 0. The molecule has 2 aliphatic heterocycles. The third-order valence-corrected chi connectivity index (χ3v) is 10.8. The number of amides is 1. The maximum absolute atomic E-state index is 14.1. The number of hydrogen-bond donors (Lipinski definition) is 1. The number of nitrogens with one attached hydrogen (secondary N) is 1. The van der Waals surface area contributed by atoms with Crippen LogP contribution >= 0.6 is 0 Å². The number of carbonyl (C=O) groups is 1. The molecule has 266 valence electrons. The maximum Gasteiger partial charge on any atom is 0.254 e. The van der Waals surface area contributed by atoms with Gasteiger partial charge >= 0.3 is 0 Å². The number of ether oxygens (including phenoxy) is 3. The summed E-state index contributed by atoms with van der Waals surface area (Å²) in [5.74, 6) is 2.33. The summed E-state index contributed by atoms with van der Waals surface area (Å²) in [4.78, 5) is 34.4. The zero-order chi connectivity index (χ0) is 35.2. The molecule has 1 atom stereocenters. The first-order chi connectivity index (χ1) is 25.0. The number of rotatable bonds is 12. The van der Waals surface area contributed by atoms with E-state index in [4.69, 9.17) is 19.2 Å². The Balaban J connectivity index is 1.06. The second-order valence-electron chi connectivity index (χ2n) is 13.7. The number of imidazole rings is 1. The summed E-state index contributed by atoms with van der Waals surface area (Å²) in [5.41, 5.74) is 4.75. The Morgan fingerprint density at radius 1 is 0.902 bits per heavy atom. The molecule has 3 aromatic carbocycles. The predicted octanol–water partition coefficient (Wildman–Crippen LogP) is 6.72. The van der Waals surface area contributed by atoms with Crippen LogP contribution in [0.5, 0.6) is 17.2 Å². The minimum atomic E-state index is -0.147. The number of hydrogen-bond acceptors (Lipinski definition) is 8. The molecule has 0 aliphatic carbocycles. The number of para-hydroxylation sites is 2. The second kappa shape index (κ2) is 15.4. The Hall–Kier alpha value is -5.09. The standard InChI is InChI=1S/C41H48N6O4/c1-49-36-26-30(27-37(50-2)38(36)51-3)39(48)46-22-11-19-41(29-46,31-12-5-4-6-13-31)20-25-45-23-17-33(18-24-45)47(28-32-14-9-10-21-42-32)40-43-34-15-7-8-16-35(34)44-40/h4-10,12-16,21,26-27,33H,11,17-20,22-25,28-29H2,1-3H3,(H,43,44). The molecule has 2 aliphatic rings. The molecule has 5 aromatic rings. The van der Waals surface area contributed by atoms with Crippen LogP contribution in [-0.4, -0.2) is 90.8 Å². The molecule has 1 N–H and O–H groups in total. The second-order valence-corrected chi connectivity index (χ2v) is 13.7. The fourth-order valence-electron chi connectivity index (χ4n) is 8.01. The van der Waals surface area contributed by atoms with E-state index in [1.54, 1.807) is 33.5 Å². The Bertz CT molecular complexity index is 1850. The van der Waals surface area contributed by atoms with Gasteiger partial charge in [-0.1, -0.05) is 48.5 Å². The molecule has 10 nitrogen and oxygen atoms in total. The summed E-state index contributed by atoms with van der Waals surface area (Å²) in [7, 11) is 4.72. The van der Waals surface area contributed by atoms with Gasteiger partial charge in [0, 0.05) is 49.4 Å². The fraction of sp³-hybridized carbons (Fsp3) is 0.390. The molecule has 0 spiro atoms. The third kappa shape index (κ3) is 7.37.